The minimum atomic E-state index is -0.234. The molecule has 0 bridgehead atoms. The average Bonchev–Trinajstić information content (AvgIpc) is 2.59. The van der Waals surface area contributed by atoms with E-state index in [0.29, 0.717) is 6.61 Å². The number of esters is 1. The molecular weight excluding hydrogens is 168 g/mol. The second-order valence-corrected chi connectivity index (χ2v) is 2.69. The second kappa shape index (κ2) is 4.64. The Hall–Kier alpha value is -1.32. The van der Waals surface area contributed by atoms with Crippen molar-refractivity contribution in [2.75, 3.05) is 6.61 Å². The van der Waals surface area contributed by atoms with E-state index in [0.717, 1.165) is 6.42 Å². The Morgan fingerprint density at radius 1 is 1.62 bits per heavy atom. The number of rotatable bonds is 4. The largest absolute Gasteiger partial charge is 0.464 e. The van der Waals surface area contributed by atoms with Gasteiger partial charge in [0.05, 0.1) is 12.9 Å². The van der Waals surface area contributed by atoms with Crippen molar-refractivity contribution in [3.05, 3.63) is 18.7 Å². The molecule has 0 amide bonds. The van der Waals surface area contributed by atoms with Crippen molar-refractivity contribution in [1.29, 1.82) is 0 Å². The summed E-state index contributed by atoms with van der Waals surface area (Å²) in [6.07, 6.45) is 5.77. The van der Waals surface area contributed by atoms with E-state index in [2.05, 4.69) is 4.98 Å². The molecule has 4 nitrogen and oxygen atoms in total. The number of hydrogen-bond donors (Lipinski definition) is 0. The Kier molecular flexibility index (Phi) is 3.49. The van der Waals surface area contributed by atoms with Crippen molar-refractivity contribution in [2.24, 2.45) is 0 Å². The van der Waals surface area contributed by atoms with Crippen molar-refractivity contribution in [2.45, 2.75) is 26.3 Å². The highest BCUT2D eigenvalue weighted by atomic mass is 16.5. The number of carbonyl (C=O) groups excluding carboxylic acids is 1. The summed E-state index contributed by atoms with van der Waals surface area (Å²) in [6, 6.07) is -0.234. The predicted octanol–water partition coefficient (Wildman–Crippen LogP) is 1.40. The zero-order chi connectivity index (χ0) is 9.68. The van der Waals surface area contributed by atoms with Crippen LogP contribution >= 0.6 is 0 Å². The van der Waals surface area contributed by atoms with Crippen LogP contribution in [0.25, 0.3) is 0 Å². The topological polar surface area (TPSA) is 44.1 Å². The third-order valence-electron chi connectivity index (χ3n) is 1.83. The highest BCUT2D eigenvalue weighted by molar-refractivity contribution is 5.74. The van der Waals surface area contributed by atoms with E-state index >= 15 is 0 Å². The van der Waals surface area contributed by atoms with E-state index in [1.807, 2.05) is 6.92 Å². The first-order chi connectivity index (χ1) is 6.29. The molecule has 0 aliphatic heterocycles. The molecule has 13 heavy (non-hydrogen) atoms. The van der Waals surface area contributed by atoms with Crippen molar-refractivity contribution >= 4 is 5.97 Å². The summed E-state index contributed by atoms with van der Waals surface area (Å²) in [5.74, 6) is -0.192. The molecule has 0 radical (unpaired) electrons. The van der Waals surface area contributed by atoms with Gasteiger partial charge in [-0.1, -0.05) is 6.92 Å². The van der Waals surface area contributed by atoms with Crippen molar-refractivity contribution < 1.29 is 9.53 Å². The quantitative estimate of drug-likeness (QED) is 0.661. The number of carbonyl (C=O) groups is 1. The molecule has 0 saturated heterocycles. The van der Waals surface area contributed by atoms with Crippen molar-refractivity contribution in [1.82, 2.24) is 9.55 Å². The monoisotopic (exact) mass is 182 g/mol. The van der Waals surface area contributed by atoms with Crippen LogP contribution in [0.1, 0.15) is 26.3 Å². The molecule has 1 unspecified atom stereocenters. The molecule has 72 valence electrons. The Bertz CT molecular complexity index is 257. The highest BCUT2D eigenvalue weighted by Crippen LogP contribution is 2.12. The van der Waals surface area contributed by atoms with Gasteiger partial charge in [0, 0.05) is 12.4 Å². The fourth-order valence-corrected chi connectivity index (χ4v) is 1.19. The molecule has 0 spiro atoms. The lowest BCUT2D eigenvalue weighted by molar-refractivity contribution is -0.147. The van der Waals surface area contributed by atoms with Crippen LogP contribution < -0.4 is 0 Å². The van der Waals surface area contributed by atoms with Crippen LogP contribution in [0, 0.1) is 0 Å². The molecule has 1 rings (SSSR count). The van der Waals surface area contributed by atoms with Crippen LogP contribution in [-0.4, -0.2) is 22.1 Å². The normalized spacial score (nSPS) is 12.5. The van der Waals surface area contributed by atoms with Crippen LogP contribution in [0.5, 0.6) is 0 Å². The number of aromatic nitrogens is 2. The average molecular weight is 182 g/mol. The summed E-state index contributed by atoms with van der Waals surface area (Å²) in [4.78, 5) is 15.3. The fraction of sp³-hybridized carbons (Fsp3) is 0.556. The lowest BCUT2D eigenvalue weighted by Gasteiger charge is -2.14. The number of nitrogens with zero attached hydrogens (tertiary/aromatic N) is 2. The molecule has 0 aliphatic carbocycles. The minimum absolute atomic E-state index is 0.192. The van der Waals surface area contributed by atoms with Crippen LogP contribution in [-0.2, 0) is 9.53 Å². The summed E-state index contributed by atoms with van der Waals surface area (Å²) in [7, 11) is 0. The van der Waals surface area contributed by atoms with E-state index in [4.69, 9.17) is 4.74 Å². The standard InChI is InChI=1S/C9H14N2O2/c1-3-8(9(12)13-4-2)11-6-5-10-7-11/h5-8H,3-4H2,1-2H3. The zero-order valence-corrected chi connectivity index (χ0v) is 7.93. The molecule has 0 saturated carbocycles. The van der Waals surface area contributed by atoms with Gasteiger partial charge < -0.3 is 9.30 Å². The molecule has 1 atom stereocenters. The van der Waals surface area contributed by atoms with Gasteiger partial charge in [-0.3, -0.25) is 0 Å². The molecular formula is C9H14N2O2. The van der Waals surface area contributed by atoms with Crippen LogP contribution in [0.15, 0.2) is 18.7 Å². The van der Waals surface area contributed by atoms with Crippen molar-refractivity contribution in [3.8, 4) is 0 Å². The Labute approximate surface area is 77.5 Å². The maximum absolute atomic E-state index is 11.4. The minimum Gasteiger partial charge on any atom is -0.464 e. The van der Waals surface area contributed by atoms with Crippen LogP contribution in [0.3, 0.4) is 0 Å². The van der Waals surface area contributed by atoms with Gasteiger partial charge in [0.25, 0.3) is 0 Å². The van der Waals surface area contributed by atoms with E-state index in [9.17, 15) is 4.79 Å². The SMILES string of the molecule is CCOC(=O)C(CC)n1ccnc1. The maximum Gasteiger partial charge on any atom is 0.329 e. The first kappa shape index (κ1) is 9.77. The first-order valence-electron chi connectivity index (χ1n) is 4.43. The third kappa shape index (κ3) is 2.31. The number of ether oxygens (including phenoxy) is 1. The van der Waals surface area contributed by atoms with E-state index in [-0.39, 0.29) is 12.0 Å². The third-order valence-corrected chi connectivity index (χ3v) is 1.83. The second-order valence-electron chi connectivity index (χ2n) is 2.69. The van der Waals surface area contributed by atoms with E-state index < -0.39 is 0 Å². The maximum atomic E-state index is 11.4. The van der Waals surface area contributed by atoms with Gasteiger partial charge in [-0.05, 0) is 13.3 Å². The molecule has 1 aromatic rings. The smallest absolute Gasteiger partial charge is 0.329 e. The van der Waals surface area contributed by atoms with Crippen LogP contribution in [0.4, 0.5) is 0 Å². The lowest BCUT2D eigenvalue weighted by atomic mass is 10.2. The van der Waals surface area contributed by atoms with Gasteiger partial charge >= 0.3 is 5.97 Å². The van der Waals surface area contributed by atoms with Gasteiger partial charge in [0.2, 0.25) is 0 Å². The summed E-state index contributed by atoms with van der Waals surface area (Å²) in [5, 5.41) is 0. The van der Waals surface area contributed by atoms with Crippen molar-refractivity contribution in [3.63, 3.8) is 0 Å². The Morgan fingerprint density at radius 3 is 2.85 bits per heavy atom. The number of imidazole rings is 1. The van der Waals surface area contributed by atoms with Gasteiger partial charge in [0.15, 0.2) is 0 Å². The zero-order valence-electron chi connectivity index (χ0n) is 7.93. The molecule has 0 aliphatic rings. The van der Waals surface area contributed by atoms with E-state index in [1.165, 1.54) is 0 Å². The first-order valence-corrected chi connectivity index (χ1v) is 4.43. The summed E-state index contributed by atoms with van der Waals surface area (Å²) in [6.45, 7) is 4.17. The van der Waals surface area contributed by atoms with E-state index in [1.54, 1.807) is 30.2 Å². The Morgan fingerprint density at radius 2 is 2.38 bits per heavy atom. The van der Waals surface area contributed by atoms with Gasteiger partial charge in [-0.15, -0.1) is 0 Å². The lowest BCUT2D eigenvalue weighted by Crippen LogP contribution is -2.20. The molecule has 0 N–H and O–H groups in total. The molecule has 0 fully saturated rings. The summed E-state index contributed by atoms with van der Waals surface area (Å²) in [5.41, 5.74) is 0. The van der Waals surface area contributed by atoms with Crippen LogP contribution in [0.2, 0.25) is 0 Å². The molecule has 4 heteroatoms. The summed E-state index contributed by atoms with van der Waals surface area (Å²) < 4.78 is 6.69. The number of hydrogen-bond acceptors (Lipinski definition) is 3. The predicted molar refractivity (Wildman–Crippen MR) is 48.2 cm³/mol. The van der Waals surface area contributed by atoms with Gasteiger partial charge in [0.1, 0.15) is 6.04 Å². The van der Waals surface area contributed by atoms with Gasteiger partial charge in [-0.2, -0.15) is 0 Å². The fourth-order valence-electron chi connectivity index (χ4n) is 1.19. The highest BCUT2D eigenvalue weighted by Gasteiger charge is 2.18. The summed E-state index contributed by atoms with van der Waals surface area (Å²) >= 11 is 0. The molecule has 0 aromatic carbocycles. The molecule has 1 aromatic heterocycles. The molecule has 1 heterocycles. The Balaban J connectivity index is 2.68. The van der Waals surface area contributed by atoms with Gasteiger partial charge in [-0.25, -0.2) is 9.78 Å².